The predicted molar refractivity (Wildman–Crippen MR) is 185 cm³/mol. The van der Waals surface area contributed by atoms with Crippen LogP contribution in [0.4, 0.5) is 5.69 Å². The summed E-state index contributed by atoms with van der Waals surface area (Å²) in [5.74, 6) is 0.226. The highest BCUT2D eigenvalue weighted by molar-refractivity contribution is 7.92. The quantitative estimate of drug-likeness (QED) is 0.165. The number of rotatable bonds is 17. The number of anilines is 1. The van der Waals surface area contributed by atoms with Gasteiger partial charge in [-0.3, -0.25) is 23.9 Å². The number of aryl methyl sites for hydroxylation is 1. The summed E-state index contributed by atoms with van der Waals surface area (Å²) in [5.41, 5.74) is 9.68. The number of carbonyl (C=O) groups excluding carboxylic acids is 2. The van der Waals surface area contributed by atoms with Gasteiger partial charge in [0.05, 0.1) is 29.2 Å². The van der Waals surface area contributed by atoms with Gasteiger partial charge < -0.3 is 33.4 Å². The van der Waals surface area contributed by atoms with E-state index in [1.165, 1.54) is 19.3 Å². The topological polar surface area (TPSA) is 148 Å². The summed E-state index contributed by atoms with van der Waals surface area (Å²) in [6.07, 6.45) is 14.8. The monoisotopic (exact) mass is 795 g/mol. The number of piperidine rings is 1. The lowest BCUT2D eigenvalue weighted by Gasteiger charge is -2.39. The van der Waals surface area contributed by atoms with E-state index in [-0.39, 0.29) is 17.8 Å². The summed E-state index contributed by atoms with van der Waals surface area (Å²) in [6, 6.07) is 7.11. The van der Waals surface area contributed by atoms with Gasteiger partial charge in [0.2, 0.25) is 15.9 Å². The highest BCUT2D eigenvalue weighted by Gasteiger charge is 2.38. The number of likely N-dealkylation sites (tertiary alicyclic amines) is 1. The van der Waals surface area contributed by atoms with Crippen LogP contribution in [0.2, 0.25) is 0 Å². The number of nitrogens with one attached hydrogen (secondary N) is 1. The maximum Gasteiger partial charge on any atom is 0.229 e. The fourth-order valence-corrected chi connectivity index (χ4v) is 8.68. The minimum absolute atomic E-state index is 0.175. The number of allylic oxidation sites excluding steroid dienone is 1. The van der Waals surface area contributed by atoms with E-state index >= 15 is 0 Å². The molecular weight excluding hydrogens is 741 g/mol. The molecule has 1 saturated carbocycles. The van der Waals surface area contributed by atoms with Crippen LogP contribution < -0.4 is 33.0 Å². The number of sulfonamides is 1. The van der Waals surface area contributed by atoms with E-state index in [4.69, 9.17) is 10.8 Å². The third-order valence-electron chi connectivity index (χ3n) is 10.1. The number of nitrogens with two attached hydrogens (primary N) is 1. The van der Waals surface area contributed by atoms with Crippen LogP contribution in [0.5, 0.6) is 0 Å². The number of nitrogens with zero attached hydrogens (tertiary/aromatic N) is 3. The molecule has 1 aromatic carbocycles. The molecule has 4 N–H and O–H groups in total. The molecule has 1 aliphatic heterocycles. The van der Waals surface area contributed by atoms with Crippen LogP contribution in [-0.2, 0) is 26.2 Å². The van der Waals surface area contributed by atoms with Crippen LogP contribution in [0.3, 0.4) is 0 Å². The molecule has 267 valence electrons. The average molecular weight is 796 g/mol. The highest BCUT2D eigenvalue weighted by Crippen LogP contribution is 2.36. The zero-order chi connectivity index (χ0) is 34.9. The van der Waals surface area contributed by atoms with Crippen molar-refractivity contribution in [2.24, 2.45) is 17.1 Å². The maximum absolute atomic E-state index is 13.1. The van der Waals surface area contributed by atoms with Crippen molar-refractivity contribution in [3.05, 3.63) is 50.9 Å². The molecular formula is C36H54IN5O5S-. The number of halogens is 1. The number of aromatic nitrogens is 2. The Morgan fingerprint density at radius 3 is 2.40 bits per heavy atom. The molecule has 1 saturated heterocycles. The Morgan fingerprint density at radius 2 is 1.79 bits per heavy atom. The zero-order valence-electron chi connectivity index (χ0n) is 28.8. The van der Waals surface area contributed by atoms with E-state index in [0.29, 0.717) is 69.8 Å². The third kappa shape index (κ3) is 10.9. The van der Waals surface area contributed by atoms with Gasteiger partial charge in [-0.2, -0.15) is 5.10 Å². The minimum atomic E-state index is -3.36. The zero-order valence-corrected chi connectivity index (χ0v) is 31.8. The van der Waals surface area contributed by atoms with Crippen LogP contribution in [0.25, 0.3) is 5.69 Å². The molecule has 2 aromatic rings. The molecule has 10 nitrogen and oxygen atoms in total. The van der Waals surface area contributed by atoms with Crippen LogP contribution in [0.15, 0.2) is 35.9 Å². The van der Waals surface area contributed by atoms with Crippen molar-refractivity contribution in [2.75, 3.05) is 24.1 Å². The largest absolute Gasteiger partial charge is 0.736 e. The van der Waals surface area contributed by atoms with Crippen molar-refractivity contribution in [2.45, 2.75) is 116 Å². The molecule has 2 aliphatic rings. The van der Waals surface area contributed by atoms with Gasteiger partial charge in [0.1, 0.15) is 5.78 Å². The summed E-state index contributed by atoms with van der Waals surface area (Å²) in [4.78, 5) is 28.4. The normalized spacial score (nSPS) is 18.5. The summed E-state index contributed by atoms with van der Waals surface area (Å²) >= 11 is 2.31. The second kappa shape index (κ2) is 17.6. The van der Waals surface area contributed by atoms with E-state index < -0.39 is 15.4 Å². The molecule has 1 radical (unpaired) electrons. The first-order valence-electron chi connectivity index (χ1n) is 17.5. The van der Waals surface area contributed by atoms with Gasteiger partial charge in [-0.15, -0.1) is 0 Å². The molecule has 0 unspecified atom stereocenters. The van der Waals surface area contributed by atoms with E-state index in [0.717, 1.165) is 64.6 Å². The van der Waals surface area contributed by atoms with Gasteiger partial charge in [0.15, 0.2) is 0 Å². The number of Topliss-reactive ketones (excluding diaryl/α,β-unsaturated/α-hetero) is 1. The van der Waals surface area contributed by atoms with E-state index in [1.54, 1.807) is 12.1 Å². The fourth-order valence-electron chi connectivity index (χ4n) is 7.17. The van der Waals surface area contributed by atoms with Crippen LogP contribution in [0.1, 0.15) is 108 Å². The van der Waals surface area contributed by atoms with Gasteiger partial charge in [-0.05, 0) is 107 Å². The maximum atomic E-state index is 13.1. The number of unbranched alkanes of at least 4 members (excludes halogenated alkanes) is 1. The van der Waals surface area contributed by atoms with Gasteiger partial charge in [0.25, 0.3) is 0 Å². The van der Waals surface area contributed by atoms with Crippen LogP contribution in [0, 0.1) is 22.0 Å². The van der Waals surface area contributed by atoms with Crippen molar-refractivity contribution in [3.63, 3.8) is 0 Å². The van der Waals surface area contributed by atoms with E-state index in [2.05, 4.69) is 39.1 Å². The van der Waals surface area contributed by atoms with Crippen molar-refractivity contribution >= 4 is 27.4 Å². The van der Waals surface area contributed by atoms with Gasteiger partial charge in [0, 0.05) is 25.1 Å². The van der Waals surface area contributed by atoms with Crippen LogP contribution in [-0.4, -0.2) is 65.3 Å². The molecule has 12 heteroatoms. The lowest BCUT2D eigenvalue weighted by Crippen LogP contribution is -3.35. The summed E-state index contributed by atoms with van der Waals surface area (Å²) in [7, 11) is -3.36. The third-order valence-corrected chi connectivity index (χ3v) is 11.8. The van der Waals surface area contributed by atoms with E-state index in [1.807, 2.05) is 29.8 Å². The number of hydrogen-bond donors (Lipinski definition) is 3. The van der Waals surface area contributed by atoms with Crippen LogP contribution >= 0.6 is 0 Å². The summed E-state index contributed by atoms with van der Waals surface area (Å²) < 4.78 is 28.5. The second-order valence-corrected chi connectivity index (χ2v) is 16.7. The Bertz CT molecular complexity index is 1520. The molecule has 1 aliphatic carbocycles. The summed E-state index contributed by atoms with van der Waals surface area (Å²) in [5, 5.41) is 15.4. The first-order valence-corrected chi connectivity index (χ1v) is 20.5. The Balaban J connectivity index is 1.38. The number of benzene rings is 1. The standard InChI is InChI=1S/C36H54IN5O5S/c1-4-5-10-27(23-31(43)13-9-14-33(44)28-11-7-6-8-12-28)24-36(35(38)45)19-21-41(22-20-36)25-32-26(2)39-42(34(32)37)30-17-15-29(16-18-30)40-48(3,46)47/h15-18,24,28,33,40,44H,4-14,19-23,25H2,1-3H3,(H2,38,45)/q-1/b27-24+/t33-/m0/s1. The van der Waals surface area contributed by atoms with Gasteiger partial charge in [-0.25, -0.2) is 8.42 Å². The molecule has 0 spiro atoms. The summed E-state index contributed by atoms with van der Waals surface area (Å²) in [6.45, 7) is 6.19. The average Bonchev–Trinajstić information content (AvgIpc) is 3.32. The van der Waals surface area contributed by atoms with E-state index in [9.17, 15) is 23.1 Å². The van der Waals surface area contributed by atoms with Gasteiger partial charge >= 0.3 is 0 Å². The lowest BCUT2D eigenvalue weighted by atomic mass is 9.75. The number of amides is 1. The van der Waals surface area contributed by atoms with Crippen molar-refractivity contribution in [3.8, 4) is 5.69 Å². The number of ketones is 1. The number of carbonyl (C=O) groups is 2. The second-order valence-electron chi connectivity index (χ2n) is 14.0. The Morgan fingerprint density at radius 1 is 1.12 bits per heavy atom. The molecule has 2 heterocycles. The number of aliphatic hydroxyl groups is 1. The van der Waals surface area contributed by atoms with Gasteiger partial charge in [-0.1, -0.05) is 48.0 Å². The van der Waals surface area contributed by atoms with Crippen molar-refractivity contribution in [1.82, 2.24) is 14.7 Å². The molecule has 1 aromatic heterocycles. The smallest absolute Gasteiger partial charge is 0.229 e. The first-order chi connectivity index (χ1) is 22.8. The Labute approximate surface area is 300 Å². The predicted octanol–water partition coefficient (Wildman–Crippen LogP) is 2.53. The minimum Gasteiger partial charge on any atom is -0.736 e. The number of aliphatic hydroxyl groups excluding tert-OH is 1. The molecule has 4 rings (SSSR count). The molecule has 0 bridgehead atoms. The number of primary amides is 1. The molecule has 2 fully saturated rings. The Kier molecular flexibility index (Phi) is 14.1. The van der Waals surface area contributed by atoms with Crippen molar-refractivity contribution in [1.29, 1.82) is 0 Å². The SMILES string of the molecule is CCCC/C(=C\C1(C(N)=O)CCN(Cc2c(C)nn(-c3ccc(NS(C)(=O)=O)cc3)c2[I-])CC1)CC(=O)CCC[C@H](O)C1CCCCC1. The fraction of sp³-hybridized carbons (Fsp3) is 0.639. The first kappa shape index (κ1) is 38.5. The number of hydrogen-bond acceptors (Lipinski definition) is 7. The molecule has 1 atom stereocenters. The highest BCUT2D eigenvalue weighted by atomic mass is 127. The van der Waals surface area contributed by atoms with Crippen molar-refractivity contribution < 1.29 is 45.7 Å². The Hall–Kier alpha value is -2.29. The molecule has 48 heavy (non-hydrogen) atoms. The molecule has 1 amide bonds. The lowest BCUT2D eigenvalue weighted by molar-refractivity contribution is -0.342.